The highest BCUT2D eigenvalue weighted by molar-refractivity contribution is 6.30. The third-order valence-corrected chi connectivity index (χ3v) is 2.95. The van der Waals surface area contributed by atoms with E-state index in [4.69, 9.17) is 16.3 Å². The number of nitrogens with one attached hydrogen (secondary N) is 1. The van der Waals surface area contributed by atoms with Crippen LogP contribution in [0.4, 0.5) is 0 Å². The third kappa shape index (κ3) is 3.20. The van der Waals surface area contributed by atoms with E-state index in [0.717, 1.165) is 17.6 Å². The molecule has 1 unspecified atom stereocenters. The highest BCUT2D eigenvalue weighted by Gasteiger charge is 2.22. The normalized spacial score (nSPS) is 17.7. The zero-order chi connectivity index (χ0) is 10.7. The Morgan fingerprint density at radius 3 is 2.60 bits per heavy atom. The molecular weight excluding hydrogens is 210 g/mol. The minimum atomic E-state index is 0.128. The molecule has 3 heteroatoms. The van der Waals surface area contributed by atoms with Crippen molar-refractivity contribution in [3.63, 3.8) is 0 Å². The molecule has 1 aromatic carbocycles. The van der Waals surface area contributed by atoms with Crippen molar-refractivity contribution in [2.24, 2.45) is 0 Å². The van der Waals surface area contributed by atoms with Gasteiger partial charge in [-0.05, 0) is 30.5 Å². The minimum absolute atomic E-state index is 0.128. The Morgan fingerprint density at radius 1 is 1.40 bits per heavy atom. The molecule has 1 fully saturated rings. The van der Waals surface area contributed by atoms with Gasteiger partial charge >= 0.3 is 0 Å². The Bertz CT molecular complexity index is 308. The quantitative estimate of drug-likeness (QED) is 0.832. The molecule has 0 saturated heterocycles. The van der Waals surface area contributed by atoms with Crippen molar-refractivity contribution in [2.45, 2.75) is 25.0 Å². The lowest BCUT2D eigenvalue weighted by Crippen LogP contribution is -2.24. The maximum atomic E-state index is 5.84. The van der Waals surface area contributed by atoms with Crippen LogP contribution in [0.2, 0.25) is 5.02 Å². The average molecular weight is 226 g/mol. The van der Waals surface area contributed by atoms with Crippen LogP contribution in [0.1, 0.15) is 24.5 Å². The van der Waals surface area contributed by atoms with E-state index >= 15 is 0 Å². The Morgan fingerprint density at radius 2 is 2.07 bits per heavy atom. The van der Waals surface area contributed by atoms with Gasteiger partial charge in [-0.3, -0.25) is 0 Å². The van der Waals surface area contributed by atoms with Crippen molar-refractivity contribution in [1.29, 1.82) is 0 Å². The van der Waals surface area contributed by atoms with Gasteiger partial charge in [-0.15, -0.1) is 0 Å². The summed E-state index contributed by atoms with van der Waals surface area (Å²) in [7, 11) is 1.74. The van der Waals surface area contributed by atoms with Gasteiger partial charge in [-0.1, -0.05) is 23.7 Å². The second-order valence-corrected chi connectivity index (χ2v) is 4.39. The zero-order valence-electron chi connectivity index (χ0n) is 8.87. The molecule has 1 N–H and O–H groups in total. The van der Waals surface area contributed by atoms with E-state index in [1.54, 1.807) is 7.11 Å². The molecule has 0 heterocycles. The van der Waals surface area contributed by atoms with E-state index in [-0.39, 0.29) is 6.10 Å². The molecule has 1 saturated carbocycles. The van der Waals surface area contributed by atoms with Crippen molar-refractivity contribution < 1.29 is 4.74 Å². The Labute approximate surface area is 95.6 Å². The molecule has 0 radical (unpaired) electrons. The van der Waals surface area contributed by atoms with Crippen LogP contribution >= 0.6 is 11.6 Å². The van der Waals surface area contributed by atoms with Gasteiger partial charge in [-0.2, -0.15) is 0 Å². The van der Waals surface area contributed by atoms with Gasteiger partial charge in [0.1, 0.15) is 0 Å². The minimum Gasteiger partial charge on any atom is -0.375 e. The summed E-state index contributed by atoms with van der Waals surface area (Å²) in [5.74, 6) is 0. The largest absolute Gasteiger partial charge is 0.375 e. The predicted octanol–water partition coefficient (Wildman–Crippen LogP) is 2.78. The van der Waals surface area contributed by atoms with Gasteiger partial charge in [0.15, 0.2) is 0 Å². The summed E-state index contributed by atoms with van der Waals surface area (Å²) < 4.78 is 5.45. The standard InChI is InChI=1S/C12H16ClNO/c1-15-12(8-14-11-6-7-11)9-2-4-10(13)5-3-9/h2-5,11-12,14H,6-8H2,1H3. The summed E-state index contributed by atoms with van der Waals surface area (Å²) >= 11 is 5.84. The summed E-state index contributed by atoms with van der Waals surface area (Å²) in [5.41, 5.74) is 1.18. The van der Waals surface area contributed by atoms with Gasteiger partial charge < -0.3 is 10.1 Å². The first-order valence-corrected chi connectivity index (χ1v) is 5.69. The average Bonchev–Trinajstić information content (AvgIpc) is 3.05. The maximum absolute atomic E-state index is 5.84. The van der Waals surface area contributed by atoms with Crippen molar-refractivity contribution in [1.82, 2.24) is 5.32 Å². The molecule has 1 aromatic rings. The van der Waals surface area contributed by atoms with Gasteiger partial charge in [0.25, 0.3) is 0 Å². The van der Waals surface area contributed by atoms with Gasteiger partial charge in [0.05, 0.1) is 6.10 Å². The number of hydrogen-bond donors (Lipinski definition) is 1. The molecule has 2 nitrogen and oxygen atoms in total. The molecule has 0 amide bonds. The lowest BCUT2D eigenvalue weighted by atomic mass is 10.1. The summed E-state index contributed by atoms with van der Waals surface area (Å²) in [6.45, 7) is 0.878. The molecule has 1 atom stereocenters. The maximum Gasteiger partial charge on any atom is 0.0945 e. The third-order valence-electron chi connectivity index (χ3n) is 2.70. The monoisotopic (exact) mass is 225 g/mol. The van der Waals surface area contributed by atoms with E-state index in [2.05, 4.69) is 5.32 Å². The number of hydrogen-bond acceptors (Lipinski definition) is 2. The molecule has 82 valence electrons. The number of halogens is 1. The van der Waals surface area contributed by atoms with Crippen molar-refractivity contribution in [3.8, 4) is 0 Å². The molecule has 1 aliphatic rings. The number of ether oxygens (including phenoxy) is 1. The summed E-state index contributed by atoms with van der Waals surface area (Å²) in [6.07, 6.45) is 2.73. The summed E-state index contributed by atoms with van der Waals surface area (Å²) in [4.78, 5) is 0. The molecule has 1 aliphatic carbocycles. The highest BCUT2D eigenvalue weighted by atomic mass is 35.5. The van der Waals surface area contributed by atoms with Gasteiger partial charge in [0.2, 0.25) is 0 Å². The molecule has 0 spiro atoms. The first-order chi connectivity index (χ1) is 7.29. The Kier molecular flexibility index (Phi) is 3.62. The fraction of sp³-hybridized carbons (Fsp3) is 0.500. The second kappa shape index (κ2) is 4.97. The van der Waals surface area contributed by atoms with Gasteiger partial charge in [-0.25, -0.2) is 0 Å². The van der Waals surface area contributed by atoms with Gasteiger partial charge in [0, 0.05) is 24.7 Å². The predicted molar refractivity (Wildman–Crippen MR) is 62.2 cm³/mol. The number of methoxy groups -OCH3 is 1. The first kappa shape index (κ1) is 10.9. The number of benzene rings is 1. The highest BCUT2D eigenvalue weighted by Crippen LogP contribution is 2.22. The number of rotatable bonds is 5. The van der Waals surface area contributed by atoms with Crippen molar-refractivity contribution >= 4 is 11.6 Å². The lowest BCUT2D eigenvalue weighted by molar-refractivity contribution is 0.102. The van der Waals surface area contributed by atoms with Crippen LogP contribution in [-0.4, -0.2) is 19.7 Å². The molecule has 0 aliphatic heterocycles. The van der Waals surface area contributed by atoms with Crippen LogP contribution in [0.3, 0.4) is 0 Å². The zero-order valence-corrected chi connectivity index (χ0v) is 9.63. The summed E-state index contributed by atoms with van der Waals surface area (Å²) in [6, 6.07) is 8.56. The van der Waals surface area contributed by atoms with Crippen LogP contribution in [0.15, 0.2) is 24.3 Å². The molecule has 15 heavy (non-hydrogen) atoms. The van der Waals surface area contributed by atoms with E-state index in [0.29, 0.717) is 0 Å². The van der Waals surface area contributed by atoms with Crippen LogP contribution in [0, 0.1) is 0 Å². The van der Waals surface area contributed by atoms with Crippen LogP contribution in [0.25, 0.3) is 0 Å². The smallest absolute Gasteiger partial charge is 0.0945 e. The van der Waals surface area contributed by atoms with Crippen molar-refractivity contribution in [2.75, 3.05) is 13.7 Å². The molecule has 0 aromatic heterocycles. The summed E-state index contributed by atoms with van der Waals surface area (Å²) in [5, 5.41) is 4.23. The molecular formula is C12H16ClNO. The van der Waals surface area contributed by atoms with Crippen LogP contribution in [0.5, 0.6) is 0 Å². The van der Waals surface area contributed by atoms with E-state index < -0.39 is 0 Å². The second-order valence-electron chi connectivity index (χ2n) is 3.96. The first-order valence-electron chi connectivity index (χ1n) is 5.31. The van der Waals surface area contributed by atoms with Crippen LogP contribution in [-0.2, 0) is 4.74 Å². The molecule has 2 rings (SSSR count). The van der Waals surface area contributed by atoms with E-state index in [1.807, 2.05) is 24.3 Å². The van der Waals surface area contributed by atoms with E-state index in [9.17, 15) is 0 Å². The topological polar surface area (TPSA) is 21.3 Å². The Hall–Kier alpha value is -0.570. The SMILES string of the molecule is COC(CNC1CC1)c1ccc(Cl)cc1. The lowest BCUT2D eigenvalue weighted by Gasteiger charge is -2.16. The van der Waals surface area contributed by atoms with E-state index in [1.165, 1.54) is 18.4 Å². The van der Waals surface area contributed by atoms with Crippen molar-refractivity contribution in [3.05, 3.63) is 34.9 Å². The fourth-order valence-corrected chi connectivity index (χ4v) is 1.70. The molecule has 0 bridgehead atoms. The van der Waals surface area contributed by atoms with Crippen LogP contribution < -0.4 is 5.32 Å². The fourth-order valence-electron chi connectivity index (χ4n) is 1.58. The Balaban J connectivity index is 1.94.